The zero-order valence-corrected chi connectivity index (χ0v) is 19.8. The number of benzene rings is 3. The summed E-state index contributed by atoms with van der Waals surface area (Å²) in [5.41, 5.74) is 2.36. The molecule has 1 atom stereocenters. The molecular formula is C28H21N3O7. The molecule has 0 bridgehead atoms. The molecular weight excluding hydrogens is 490 g/mol. The number of nitrogens with zero attached hydrogens (tertiary/aromatic N) is 2. The standard InChI is InChI=1S/C28H21N3O7/c32-18-7-3-14(4-8-18)23-22(24(33)16-6-10-21-15(12-16)2-1-11-38-21)25(34)26(35)31(23)28-29-19-9-5-17(27(36)37)13-20(19)30-28/h3-10,12-13,23,32-33H,1-2,11H2,(H,29,30)(H,36,37)/b24-22+. The molecule has 10 heteroatoms. The maximum absolute atomic E-state index is 13.4. The van der Waals surface area contributed by atoms with Gasteiger partial charge in [0.1, 0.15) is 17.3 Å². The number of H-pyrrole nitrogens is 1. The highest BCUT2D eigenvalue weighted by molar-refractivity contribution is 6.51. The van der Waals surface area contributed by atoms with Crippen molar-refractivity contribution in [3.8, 4) is 11.5 Å². The van der Waals surface area contributed by atoms with Crippen LogP contribution in [0.4, 0.5) is 5.95 Å². The number of aromatic hydroxyl groups is 1. The van der Waals surface area contributed by atoms with Gasteiger partial charge in [0.15, 0.2) is 0 Å². The van der Waals surface area contributed by atoms with Crippen molar-refractivity contribution in [2.75, 3.05) is 11.5 Å². The first-order chi connectivity index (χ1) is 18.3. The van der Waals surface area contributed by atoms with E-state index in [-0.39, 0.29) is 28.6 Å². The van der Waals surface area contributed by atoms with Gasteiger partial charge in [0.25, 0.3) is 5.78 Å². The number of carbonyl (C=O) groups excluding carboxylic acids is 2. The van der Waals surface area contributed by atoms with Crippen molar-refractivity contribution in [2.45, 2.75) is 18.9 Å². The van der Waals surface area contributed by atoms with Gasteiger partial charge in [0.05, 0.1) is 34.8 Å². The third kappa shape index (κ3) is 3.74. The molecule has 0 aliphatic carbocycles. The van der Waals surface area contributed by atoms with Crippen LogP contribution in [0.2, 0.25) is 0 Å². The Balaban J connectivity index is 1.52. The number of phenolic OH excluding ortho intramolecular Hbond substituents is 1. The number of imidazole rings is 1. The van der Waals surface area contributed by atoms with E-state index < -0.39 is 23.7 Å². The van der Waals surface area contributed by atoms with Crippen LogP contribution in [-0.4, -0.2) is 49.6 Å². The fourth-order valence-corrected chi connectivity index (χ4v) is 4.93. The number of hydrogen-bond donors (Lipinski definition) is 4. The maximum atomic E-state index is 13.4. The van der Waals surface area contributed by atoms with Crippen molar-refractivity contribution < 1.29 is 34.4 Å². The van der Waals surface area contributed by atoms with E-state index in [0.29, 0.717) is 34.5 Å². The highest BCUT2D eigenvalue weighted by atomic mass is 16.5. The maximum Gasteiger partial charge on any atom is 0.335 e. The minimum Gasteiger partial charge on any atom is -0.508 e. The molecule has 1 aromatic heterocycles. The van der Waals surface area contributed by atoms with Crippen LogP contribution < -0.4 is 9.64 Å². The van der Waals surface area contributed by atoms with Crippen LogP contribution >= 0.6 is 0 Å². The Morgan fingerprint density at radius 3 is 2.53 bits per heavy atom. The number of carboxylic acid groups (broad SMARTS) is 1. The van der Waals surface area contributed by atoms with Crippen LogP contribution in [0.15, 0.2) is 66.2 Å². The van der Waals surface area contributed by atoms with Crippen molar-refractivity contribution in [1.29, 1.82) is 0 Å². The molecule has 0 saturated carbocycles. The van der Waals surface area contributed by atoms with E-state index in [0.717, 1.165) is 23.3 Å². The van der Waals surface area contributed by atoms with Gasteiger partial charge in [-0.25, -0.2) is 9.78 Å². The number of ketones is 1. The van der Waals surface area contributed by atoms with Crippen LogP contribution in [0.3, 0.4) is 0 Å². The molecule has 1 fully saturated rings. The summed E-state index contributed by atoms with van der Waals surface area (Å²) in [4.78, 5) is 46.7. The summed E-state index contributed by atoms with van der Waals surface area (Å²) in [5, 5.41) is 30.5. The number of ether oxygens (including phenoxy) is 1. The van der Waals surface area contributed by atoms with Crippen molar-refractivity contribution in [2.24, 2.45) is 0 Å². The highest BCUT2D eigenvalue weighted by Crippen LogP contribution is 2.42. The van der Waals surface area contributed by atoms with Crippen LogP contribution in [0.1, 0.15) is 39.5 Å². The number of amides is 1. The Kier molecular flexibility index (Phi) is 5.37. The number of carbonyl (C=O) groups is 3. The Labute approximate surface area is 215 Å². The predicted molar refractivity (Wildman–Crippen MR) is 136 cm³/mol. The Morgan fingerprint density at radius 1 is 1.00 bits per heavy atom. The summed E-state index contributed by atoms with van der Waals surface area (Å²) in [6.07, 6.45) is 1.58. The highest BCUT2D eigenvalue weighted by Gasteiger charge is 2.48. The number of carboxylic acids is 1. The van der Waals surface area contributed by atoms with Gasteiger partial charge in [-0.05, 0) is 72.5 Å². The quantitative estimate of drug-likeness (QED) is 0.183. The predicted octanol–water partition coefficient (Wildman–Crippen LogP) is 3.92. The second kappa shape index (κ2) is 8.77. The lowest BCUT2D eigenvalue weighted by atomic mass is 9.94. The largest absolute Gasteiger partial charge is 0.508 e. The van der Waals surface area contributed by atoms with Gasteiger partial charge in [0, 0.05) is 5.56 Å². The first-order valence-electron chi connectivity index (χ1n) is 11.9. The van der Waals surface area contributed by atoms with Gasteiger partial charge < -0.3 is 25.0 Å². The normalized spacial score (nSPS) is 18.4. The summed E-state index contributed by atoms with van der Waals surface area (Å²) in [7, 11) is 0. The first-order valence-corrected chi connectivity index (χ1v) is 11.9. The SMILES string of the molecule is O=C1C(=O)N(c2nc3ccc(C(=O)O)cc3[nH]2)C(c2ccc(O)cc2)/C1=C(\O)c1ccc2c(c1)CCCO2. The van der Waals surface area contributed by atoms with Gasteiger partial charge in [-0.3, -0.25) is 14.5 Å². The molecule has 4 aromatic rings. The van der Waals surface area contributed by atoms with Crippen molar-refractivity contribution in [3.63, 3.8) is 0 Å². The molecule has 190 valence electrons. The summed E-state index contributed by atoms with van der Waals surface area (Å²) in [6, 6.07) is 14.3. The second-order valence-electron chi connectivity index (χ2n) is 9.13. The number of nitrogens with one attached hydrogen (secondary N) is 1. The number of aliphatic hydroxyl groups excluding tert-OH is 1. The van der Waals surface area contributed by atoms with Gasteiger partial charge in [0.2, 0.25) is 5.95 Å². The van der Waals surface area contributed by atoms with Crippen LogP contribution in [0.5, 0.6) is 11.5 Å². The van der Waals surface area contributed by atoms with E-state index in [2.05, 4.69) is 9.97 Å². The van der Waals surface area contributed by atoms with E-state index in [1.165, 1.54) is 30.3 Å². The van der Waals surface area contributed by atoms with Crippen molar-refractivity contribution >= 4 is 40.4 Å². The van der Waals surface area contributed by atoms with Crippen molar-refractivity contribution in [1.82, 2.24) is 9.97 Å². The Bertz CT molecular complexity index is 1670. The smallest absolute Gasteiger partial charge is 0.335 e. The van der Waals surface area contributed by atoms with E-state index in [4.69, 9.17) is 4.74 Å². The lowest BCUT2D eigenvalue weighted by molar-refractivity contribution is -0.132. The third-order valence-electron chi connectivity index (χ3n) is 6.78. The van der Waals surface area contributed by atoms with Crippen LogP contribution in [-0.2, 0) is 16.0 Å². The lowest BCUT2D eigenvalue weighted by Crippen LogP contribution is -2.30. The summed E-state index contributed by atoms with van der Waals surface area (Å²) < 4.78 is 5.65. The van der Waals surface area contributed by atoms with Crippen molar-refractivity contribution in [3.05, 3.63) is 88.5 Å². The molecule has 10 nitrogen and oxygen atoms in total. The van der Waals surface area contributed by atoms with E-state index in [1.54, 1.807) is 30.3 Å². The number of fused-ring (bicyclic) bond motifs is 2. The molecule has 1 unspecified atom stereocenters. The number of Topliss-reactive ketones (excluding diaryl/α,β-unsaturated/α-hetero) is 1. The Hall–Kier alpha value is -5.12. The average molecular weight is 511 g/mol. The molecule has 1 amide bonds. The zero-order valence-electron chi connectivity index (χ0n) is 19.8. The monoisotopic (exact) mass is 511 g/mol. The molecule has 2 aliphatic heterocycles. The zero-order chi connectivity index (χ0) is 26.6. The minimum absolute atomic E-state index is 0.00896. The molecule has 1 saturated heterocycles. The number of aromatic carboxylic acids is 1. The summed E-state index contributed by atoms with van der Waals surface area (Å²) in [6.45, 7) is 0.607. The van der Waals surface area contributed by atoms with Crippen LogP contribution in [0, 0.1) is 0 Å². The fourth-order valence-electron chi connectivity index (χ4n) is 4.93. The topological polar surface area (TPSA) is 153 Å². The van der Waals surface area contributed by atoms with Gasteiger partial charge in [-0.2, -0.15) is 0 Å². The first kappa shape index (κ1) is 23.3. The third-order valence-corrected chi connectivity index (χ3v) is 6.78. The van der Waals surface area contributed by atoms with E-state index >= 15 is 0 Å². The Morgan fingerprint density at radius 2 is 1.76 bits per heavy atom. The number of rotatable bonds is 4. The number of anilines is 1. The molecule has 6 rings (SSSR count). The van der Waals surface area contributed by atoms with E-state index in [1.807, 2.05) is 0 Å². The molecule has 2 aliphatic rings. The summed E-state index contributed by atoms with van der Waals surface area (Å²) >= 11 is 0. The van der Waals surface area contributed by atoms with Crippen LogP contribution in [0.25, 0.3) is 16.8 Å². The van der Waals surface area contributed by atoms with Gasteiger partial charge in [-0.15, -0.1) is 0 Å². The molecule has 0 radical (unpaired) electrons. The number of aromatic amines is 1. The number of aryl methyl sites for hydroxylation is 1. The fraction of sp³-hybridized carbons (Fsp3) is 0.143. The number of aliphatic hydroxyl groups is 1. The molecule has 3 heterocycles. The number of phenols is 1. The number of hydrogen-bond acceptors (Lipinski definition) is 7. The minimum atomic E-state index is -1.12. The molecule has 38 heavy (non-hydrogen) atoms. The average Bonchev–Trinajstić information content (AvgIpc) is 3.46. The van der Waals surface area contributed by atoms with E-state index in [9.17, 15) is 29.7 Å². The number of aromatic nitrogens is 2. The summed E-state index contributed by atoms with van der Waals surface area (Å²) in [5.74, 6) is -2.56. The van der Waals surface area contributed by atoms with Gasteiger partial charge in [-0.1, -0.05) is 12.1 Å². The second-order valence-corrected chi connectivity index (χ2v) is 9.13. The molecule has 3 aromatic carbocycles. The molecule has 4 N–H and O–H groups in total. The lowest BCUT2D eigenvalue weighted by Gasteiger charge is -2.23. The molecule has 0 spiro atoms. The van der Waals surface area contributed by atoms with Gasteiger partial charge >= 0.3 is 11.9 Å².